The van der Waals surface area contributed by atoms with E-state index in [-0.39, 0.29) is 23.0 Å². The van der Waals surface area contributed by atoms with Crippen LogP contribution >= 0.6 is 0 Å². The number of aromatic nitrogens is 6. The Kier molecular flexibility index (Phi) is 4.02. The third-order valence-corrected chi connectivity index (χ3v) is 5.01. The standard InChI is InChI=1S/C19H16F2N6O2/c1-29-16-5-12(20)15(4-13(16)21)27-8-14(24-25-27)19(28)18-17(10-2-3-10)23-7-11-6-22-9-26(11)18/h4-10,19,28H,2-3H2,1H3/t19-/m0/s1. The lowest BCUT2D eigenvalue weighted by Gasteiger charge is -2.15. The van der Waals surface area contributed by atoms with E-state index in [1.807, 2.05) is 0 Å². The van der Waals surface area contributed by atoms with Crippen molar-refractivity contribution in [3.63, 3.8) is 0 Å². The second-order valence-corrected chi connectivity index (χ2v) is 6.92. The minimum atomic E-state index is -1.16. The van der Waals surface area contributed by atoms with Crippen LogP contribution in [0.5, 0.6) is 5.75 Å². The van der Waals surface area contributed by atoms with Crippen LogP contribution in [0, 0.1) is 11.6 Å². The van der Waals surface area contributed by atoms with Crippen LogP contribution in [0.4, 0.5) is 8.78 Å². The van der Waals surface area contributed by atoms with Crippen LogP contribution in [0.1, 0.15) is 41.9 Å². The molecule has 5 rings (SSSR count). The average Bonchev–Trinajstić information content (AvgIpc) is 3.25. The predicted molar refractivity (Wildman–Crippen MR) is 96.9 cm³/mol. The zero-order valence-electron chi connectivity index (χ0n) is 15.3. The SMILES string of the molecule is COc1cc(F)c(-n2cc([C@H](O)c3c(C4CC4)ncc4cncn34)nn2)cc1F. The quantitative estimate of drug-likeness (QED) is 0.556. The Morgan fingerprint density at radius 2 is 2.03 bits per heavy atom. The van der Waals surface area contributed by atoms with E-state index in [2.05, 4.69) is 20.3 Å². The van der Waals surface area contributed by atoms with Crippen LogP contribution in [0.15, 0.2) is 37.1 Å². The van der Waals surface area contributed by atoms with E-state index in [0.29, 0.717) is 5.69 Å². The van der Waals surface area contributed by atoms with Crippen LogP contribution in [-0.2, 0) is 0 Å². The van der Waals surface area contributed by atoms with Crippen molar-refractivity contribution in [1.82, 2.24) is 29.4 Å². The van der Waals surface area contributed by atoms with E-state index >= 15 is 0 Å². The highest BCUT2D eigenvalue weighted by Crippen LogP contribution is 2.42. The predicted octanol–water partition coefficient (Wildman–Crippen LogP) is 2.56. The topological polar surface area (TPSA) is 90.4 Å². The Morgan fingerprint density at radius 1 is 1.21 bits per heavy atom. The summed E-state index contributed by atoms with van der Waals surface area (Å²) in [6.07, 6.45) is 7.16. The molecule has 0 aliphatic heterocycles. The first kappa shape index (κ1) is 17.7. The van der Waals surface area contributed by atoms with Gasteiger partial charge < -0.3 is 9.84 Å². The van der Waals surface area contributed by atoms with Gasteiger partial charge in [0.05, 0.1) is 48.9 Å². The number of methoxy groups -OCH3 is 1. The molecular weight excluding hydrogens is 382 g/mol. The molecule has 1 aromatic carbocycles. The zero-order valence-corrected chi connectivity index (χ0v) is 15.3. The summed E-state index contributed by atoms with van der Waals surface area (Å²) in [5.74, 6) is -1.40. The van der Waals surface area contributed by atoms with Gasteiger partial charge in [0.2, 0.25) is 0 Å². The number of halogens is 2. The summed E-state index contributed by atoms with van der Waals surface area (Å²) in [5.41, 5.74) is 2.11. The summed E-state index contributed by atoms with van der Waals surface area (Å²) >= 11 is 0. The number of hydrogen-bond acceptors (Lipinski definition) is 6. The maximum atomic E-state index is 14.4. The van der Waals surface area contributed by atoms with E-state index in [1.165, 1.54) is 13.3 Å². The Bertz CT molecular complexity index is 1220. The molecule has 0 bridgehead atoms. The van der Waals surface area contributed by atoms with Crippen molar-refractivity contribution in [1.29, 1.82) is 0 Å². The number of benzene rings is 1. The van der Waals surface area contributed by atoms with E-state index in [1.54, 1.807) is 23.1 Å². The Hall–Kier alpha value is -3.40. The number of hydrogen-bond donors (Lipinski definition) is 1. The van der Waals surface area contributed by atoms with Crippen LogP contribution in [-0.4, -0.2) is 41.6 Å². The summed E-state index contributed by atoms with van der Waals surface area (Å²) in [7, 11) is 1.25. The van der Waals surface area contributed by atoms with Crippen molar-refractivity contribution in [2.75, 3.05) is 7.11 Å². The fourth-order valence-corrected chi connectivity index (χ4v) is 3.38. The molecule has 1 fully saturated rings. The lowest BCUT2D eigenvalue weighted by molar-refractivity contribution is 0.206. The molecule has 3 heterocycles. The first-order chi connectivity index (χ1) is 14.1. The molecule has 1 aliphatic rings. The normalized spacial score (nSPS) is 15.0. The van der Waals surface area contributed by atoms with Crippen LogP contribution in [0.3, 0.4) is 0 Å². The molecule has 1 atom stereocenters. The third-order valence-electron chi connectivity index (χ3n) is 5.01. The highest BCUT2D eigenvalue weighted by Gasteiger charge is 2.32. The van der Waals surface area contributed by atoms with E-state index in [0.717, 1.165) is 40.9 Å². The van der Waals surface area contributed by atoms with E-state index < -0.39 is 17.7 Å². The molecule has 0 saturated heterocycles. The fraction of sp³-hybridized carbons (Fsp3) is 0.263. The summed E-state index contributed by atoms with van der Waals surface area (Å²) in [6, 6.07) is 1.90. The highest BCUT2D eigenvalue weighted by atomic mass is 19.1. The lowest BCUT2D eigenvalue weighted by Crippen LogP contribution is -2.11. The van der Waals surface area contributed by atoms with Crippen molar-refractivity contribution in [2.24, 2.45) is 0 Å². The molecule has 1 N–H and O–H groups in total. The second-order valence-electron chi connectivity index (χ2n) is 6.92. The fourth-order valence-electron chi connectivity index (χ4n) is 3.38. The van der Waals surface area contributed by atoms with Crippen LogP contribution < -0.4 is 4.74 Å². The molecule has 0 amide bonds. The molecule has 1 saturated carbocycles. The van der Waals surface area contributed by atoms with Gasteiger partial charge in [-0.3, -0.25) is 9.38 Å². The number of aliphatic hydroxyl groups excluding tert-OH is 1. The molecule has 10 heteroatoms. The van der Waals surface area contributed by atoms with Crippen molar-refractivity contribution in [3.05, 3.63) is 65.8 Å². The Labute approximate surface area is 163 Å². The third kappa shape index (κ3) is 2.92. The maximum Gasteiger partial charge on any atom is 0.167 e. The summed E-state index contributed by atoms with van der Waals surface area (Å²) in [6.45, 7) is 0. The minimum absolute atomic E-state index is 0.143. The van der Waals surface area contributed by atoms with Gasteiger partial charge in [0, 0.05) is 18.1 Å². The van der Waals surface area contributed by atoms with Crippen molar-refractivity contribution < 1.29 is 18.6 Å². The molecule has 8 nitrogen and oxygen atoms in total. The molecule has 4 aromatic rings. The molecule has 0 spiro atoms. The molecule has 3 aromatic heterocycles. The molecular formula is C19H16F2N6O2. The van der Waals surface area contributed by atoms with Gasteiger partial charge >= 0.3 is 0 Å². The zero-order chi connectivity index (χ0) is 20.1. The summed E-state index contributed by atoms with van der Waals surface area (Å²) in [5, 5.41) is 18.9. The van der Waals surface area contributed by atoms with Crippen molar-refractivity contribution >= 4 is 5.52 Å². The van der Waals surface area contributed by atoms with E-state index in [4.69, 9.17) is 4.74 Å². The first-order valence-electron chi connectivity index (χ1n) is 9.01. The smallest absolute Gasteiger partial charge is 0.167 e. The number of fused-ring (bicyclic) bond motifs is 1. The summed E-state index contributed by atoms with van der Waals surface area (Å²) in [4.78, 5) is 8.61. The van der Waals surface area contributed by atoms with Gasteiger partial charge in [0.1, 0.15) is 17.5 Å². The largest absolute Gasteiger partial charge is 0.494 e. The Morgan fingerprint density at radius 3 is 2.79 bits per heavy atom. The number of rotatable bonds is 5. The first-order valence-corrected chi connectivity index (χ1v) is 9.01. The average molecular weight is 398 g/mol. The van der Waals surface area contributed by atoms with Gasteiger partial charge in [-0.15, -0.1) is 5.10 Å². The molecule has 148 valence electrons. The highest BCUT2D eigenvalue weighted by molar-refractivity contribution is 5.47. The van der Waals surface area contributed by atoms with Gasteiger partial charge in [0.25, 0.3) is 0 Å². The Balaban J connectivity index is 1.57. The molecule has 29 heavy (non-hydrogen) atoms. The number of ether oxygens (including phenoxy) is 1. The number of nitrogens with zero attached hydrogens (tertiary/aromatic N) is 6. The van der Waals surface area contributed by atoms with Gasteiger partial charge in [-0.25, -0.2) is 18.4 Å². The van der Waals surface area contributed by atoms with Crippen molar-refractivity contribution in [3.8, 4) is 11.4 Å². The van der Waals surface area contributed by atoms with Gasteiger partial charge in [-0.1, -0.05) is 5.21 Å². The van der Waals surface area contributed by atoms with Gasteiger partial charge in [0.15, 0.2) is 17.4 Å². The molecule has 0 radical (unpaired) electrons. The van der Waals surface area contributed by atoms with Gasteiger partial charge in [-0.05, 0) is 12.8 Å². The molecule has 1 aliphatic carbocycles. The number of aliphatic hydroxyl groups is 1. The monoisotopic (exact) mass is 398 g/mol. The lowest BCUT2D eigenvalue weighted by atomic mass is 10.1. The maximum absolute atomic E-state index is 14.4. The minimum Gasteiger partial charge on any atom is -0.494 e. The van der Waals surface area contributed by atoms with Crippen molar-refractivity contribution in [2.45, 2.75) is 24.9 Å². The summed E-state index contributed by atoms with van der Waals surface area (Å²) < 4.78 is 36.0. The number of imidazole rings is 1. The van der Waals surface area contributed by atoms with E-state index in [9.17, 15) is 13.9 Å². The second kappa shape index (κ2) is 6.59. The van der Waals surface area contributed by atoms with Gasteiger partial charge in [-0.2, -0.15) is 0 Å². The molecule has 0 unspecified atom stereocenters. The van der Waals surface area contributed by atoms with Crippen LogP contribution in [0.2, 0.25) is 0 Å². The van der Waals surface area contributed by atoms with Crippen LogP contribution in [0.25, 0.3) is 11.2 Å².